The van der Waals surface area contributed by atoms with Crippen molar-refractivity contribution in [2.45, 2.75) is 13.3 Å². The van der Waals surface area contributed by atoms with Gasteiger partial charge in [-0.15, -0.1) is 0 Å². The van der Waals surface area contributed by atoms with Crippen LogP contribution in [0.5, 0.6) is 11.5 Å². The van der Waals surface area contributed by atoms with Gasteiger partial charge < -0.3 is 14.2 Å². The Hall–Kier alpha value is -1.97. The minimum atomic E-state index is -0.368. The second kappa shape index (κ2) is 6.69. The van der Waals surface area contributed by atoms with Gasteiger partial charge in [0.25, 0.3) is 0 Å². The van der Waals surface area contributed by atoms with Gasteiger partial charge >= 0.3 is 5.97 Å². The third-order valence-corrected chi connectivity index (χ3v) is 2.43. The minimum absolute atomic E-state index is 0.351. The first-order valence-corrected chi connectivity index (χ1v) is 5.68. The van der Waals surface area contributed by atoms with Crippen molar-refractivity contribution in [3.8, 4) is 11.5 Å². The molecule has 1 rings (SSSR count). The predicted molar refractivity (Wildman–Crippen MR) is 69.0 cm³/mol. The smallest absolute Gasteiger partial charge is 0.333 e. The van der Waals surface area contributed by atoms with Gasteiger partial charge in [-0.1, -0.05) is 12.6 Å². The van der Waals surface area contributed by atoms with Gasteiger partial charge in [0, 0.05) is 12.0 Å². The van der Waals surface area contributed by atoms with E-state index in [9.17, 15) is 4.79 Å². The molecule has 0 aromatic heterocycles. The van der Waals surface area contributed by atoms with Gasteiger partial charge in [0.2, 0.25) is 0 Å². The normalized spacial score (nSPS) is 9.72. The van der Waals surface area contributed by atoms with Crippen LogP contribution in [0.2, 0.25) is 0 Å². The summed E-state index contributed by atoms with van der Waals surface area (Å²) in [6, 6.07) is 5.49. The molecule has 18 heavy (non-hydrogen) atoms. The van der Waals surface area contributed by atoms with Gasteiger partial charge in [-0.2, -0.15) is 0 Å². The number of hydrogen-bond acceptors (Lipinski definition) is 4. The van der Waals surface area contributed by atoms with Crippen LogP contribution in [0, 0.1) is 0 Å². The highest BCUT2D eigenvalue weighted by molar-refractivity contribution is 5.88. The fourth-order valence-electron chi connectivity index (χ4n) is 1.54. The summed E-state index contributed by atoms with van der Waals surface area (Å²) in [7, 11) is 3.15. The quantitative estimate of drug-likeness (QED) is 0.574. The standard InChI is InChI=1S/C14H18O4/c1-5-18-14(15)10(2)8-11-6-7-12(16-3)13(9-11)17-4/h6-7,9H,2,5,8H2,1,3-4H3. The molecule has 0 aliphatic rings. The van der Waals surface area contributed by atoms with Crippen LogP contribution in [0.25, 0.3) is 0 Å². The first-order valence-electron chi connectivity index (χ1n) is 5.68. The third-order valence-electron chi connectivity index (χ3n) is 2.43. The highest BCUT2D eigenvalue weighted by Gasteiger charge is 2.10. The third kappa shape index (κ3) is 3.52. The second-order valence-corrected chi connectivity index (χ2v) is 3.69. The molecule has 0 amide bonds. The number of methoxy groups -OCH3 is 2. The van der Waals surface area contributed by atoms with E-state index < -0.39 is 0 Å². The zero-order chi connectivity index (χ0) is 13.5. The molecule has 4 nitrogen and oxygen atoms in total. The monoisotopic (exact) mass is 250 g/mol. The molecule has 0 saturated carbocycles. The summed E-state index contributed by atoms with van der Waals surface area (Å²) in [4.78, 5) is 11.4. The Bertz CT molecular complexity index is 437. The van der Waals surface area contributed by atoms with Crippen LogP contribution in [-0.2, 0) is 16.0 Å². The fraction of sp³-hybridized carbons (Fsp3) is 0.357. The average Bonchev–Trinajstić information content (AvgIpc) is 2.38. The Morgan fingerprint density at radius 2 is 1.89 bits per heavy atom. The van der Waals surface area contributed by atoms with Crippen LogP contribution in [-0.4, -0.2) is 26.8 Å². The maximum Gasteiger partial charge on any atom is 0.333 e. The molecule has 1 aromatic rings. The minimum Gasteiger partial charge on any atom is -0.493 e. The van der Waals surface area contributed by atoms with Gasteiger partial charge in [0.15, 0.2) is 11.5 Å². The van der Waals surface area contributed by atoms with Crippen molar-refractivity contribution in [2.24, 2.45) is 0 Å². The number of rotatable bonds is 6. The van der Waals surface area contributed by atoms with Crippen molar-refractivity contribution in [3.63, 3.8) is 0 Å². The van der Waals surface area contributed by atoms with E-state index in [0.717, 1.165) is 5.56 Å². The molecular formula is C14H18O4. The highest BCUT2D eigenvalue weighted by Crippen LogP contribution is 2.28. The van der Waals surface area contributed by atoms with E-state index >= 15 is 0 Å². The van der Waals surface area contributed by atoms with E-state index in [1.54, 1.807) is 27.2 Å². The number of carbonyl (C=O) groups is 1. The van der Waals surface area contributed by atoms with Crippen LogP contribution in [0.1, 0.15) is 12.5 Å². The van der Waals surface area contributed by atoms with Crippen molar-refractivity contribution >= 4 is 5.97 Å². The van der Waals surface area contributed by atoms with Gasteiger partial charge in [-0.05, 0) is 24.6 Å². The molecule has 0 aliphatic heterocycles. The Kier molecular flexibility index (Phi) is 5.24. The first kappa shape index (κ1) is 14.1. The summed E-state index contributed by atoms with van der Waals surface area (Å²) in [6.07, 6.45) is 0.430. The summed E-state index contributed by atoms with van der Waals surface area (Å²) in [6.45, 7) is 5.84. The number of hydrogen-bond donors (Lipinski definition) is 0. The summed E-state index contributed by atoms with van der Waals surface area (Å²) in [5.74, 6) is 0.918. The molecule has 98 valence electrons. The molecule has 4 heteroatoms. The second-order valence-electron chi connectivity index (χ2n) is 3.69. The number of carbonyl (C=O) groups excluding carboxylic acids is 1. The molecule has 0 N–H and O–H groups in total. The number of ether oxygens (including phenoxy) is 3. The maximum atomic E-state index is 11.4. The molecule has 0 heterocycles. The molecular weight excluding hydrogens is 232 g/mol. The predicted octanol–water partition coefficient (Wildman–Crippen LogP) is 2.37. The molecule has 0 saturated heterocycles. The van der Waals surface area contributed by atoms with Gasteiger partial charge in [-0.3, -0.25) is 0 Å². The Morgan fingerprint density at radius 3 is 2.44 bits per heavy atom. The van der Waals surface area contributed by atoms with Crippen molar-refractivity contribution in [1.82, 2.24) is 0 Å². The lowest BCUT2D eigenvalue weighted by molar-refractivity contribution is -0.138. The molecule has 0 fully saturated rings. The highest BCUT2D eigenvalue weighted by atomic mass is 16.5. The van der Waals surface area contributed by atoms with Crippen molar-refractivity contribution in [1.29, 1.82) is 0 Å². The Balaban J connectivity index is 2.79. The fourth-order valence-corrected chi connectivity index (χ4v) is 1.54. The average molecular weight is 250 g/mol. The van der Waals surface area contributed by atoms with Crippen LogP contribution in [0.15, 0.2) is 30.4 Å². The van der Waals surface area contributed by atoms with Crippen LogP contribution in [0.4, 0.5) is 0 Å². The van der Waals surface area contributed by atoms with E-state index in [2.05, 4.69) is 6.58 Å². The van der Waals surface area contributed by atoms with E-state index in [-0.39, 0.29) is 5.97 Å². The lowest BCUT2D eigenvalue weighted by atomic mass is 10.1. The lowest BCUT2D eigenvalue weighted by Crippen LogP contribution is -2.08. The van der Waals surface area contributed by atoms with Crippen LogP contribution < -0.4 is 9.47 Å². The summed E-state index contributed by atoms with van der Waals surface area (Å²) < 4.78 is 15.2. The zero-order valence-electron chi connectivity index (χ0n) is 11.0. The molecule has 0 spiro atoms. The van der Waals surface area contributed by atoms with E-state index in [4.69, 9.17) is 14.2 Å². The Labute approximate surface area is 107 Å². The van der Waals surface area contributed by atoms with E-state index in [1.807, 2.05) is 12.1 Å². The van der Waals surface area contributed by atoms with Crippen LogP contribution >= 0.6 is 0 Å². The molecule has 0 atom stereocenters. The topological polar surface area (TPSA) is 44.8 Å². The summed E-state index contributed by atoms with van der Waals surface area (Å²) >= 11 is 0. The van der Waals surface area contributed by atoms with E-state index in [1.165, 1.54) is 0 Å². The molecule has 0 aliphatic carbocycles. The lowest BCUT2D eigenvalue weighted by Gasteiger charge is -2.10. The van der Waals surface area contributed by atoms with Gasteiger partial charge in [0.1, 0.15) is 0 Å². The summed E-state index contributed by atoms with van der Waals surface area (Å²) in [5.41, 5.74) is 1.34. The van der Waals surface area contributed by atoms with Crippen molar-refractivity contribution in [3.05, 3.63) is 35.9 Å². The van der Waals surface area contributed by atoms with Gasteiger partial charge in [0.05, 0.1) is 20.8 Å². The zero-order valence-corrected chi connectivity index (χ0v) is 11.0. The van der Waals surface area contributed by atoms with Crippen molar-refractivity contribution in [2.75, 3.05) is 20.8 Å². The molecule has 1 aromatic carbocycles. The number of benzene rings is 1. The maximum absolute atomic E-state index is 11.4. The first-order chi connectivity index (χ1) is 8.62. The number of esters is 1. The van der Waals surface area contributed by atoms with Crippen molar-refractivity contribution < 1.29 is 19.0 Å². The molecule has 0 unspecified atom stereocenters. The SMILES string of the molecule is C=C(Cc1ccc(OC)c(OC)c1)C(=O)OCC. The van der Waals surface area contributed by atoms with Crippen LogP contribution in [0.3, 0.4) is 0 Å². The molecule has 0 radical (unpaired) electrons. The Morgan fingerprint density at radius 1 is 1.22 bits per heavy atom. The van der Waals surface area contributed by atoms with Gasteiger partial charge in [-0.25, -0.2) is 4.79 Å². The summed E-state index contributed by atoms with van der Waals surface area (Å²) in [5, 5.41) is 0. The largest absolute Gasteiger partial charge is 0.493 e. The molecule has 0 bridgehead atoms. The van der Waals surface area contributed by atoms with E-state index in [0.29, 0.717) is 30.1 Å².